The maximum Gasteiger partial charge on any atom is 0.270 e. The molecule has 2 aromatic carbocycles. The molecule has 2 heterocycles. The zero-order valence-corrected chi connectivity index (χ0v) is 17.5. The van der Waals surface area contributed by atoms with Gasteiger partial charge in [-0.15, -0.1) is 11.3 Å². The summed E-state index contributed by atoms with van der Waals surface area (Å²) < 4.78 is 4.11. The lowest BCUT2D eigenvalue weighted by molar-refractivity contribution is -0.384. The lowest BCUT2D eigenvalue weighted by atomic mass is 10.1. The van der Waals surface area contributed by atoms with Crippen molar-refractivity contribution in [3.8, 4) is 11.3 Å². The number of halogens is 1. The number of aryl methyl sites for hydroxylation is 1. The van der Waals surface area contributed by atoms with E-state index in [4.69, 9.17) is 16.6 Å². The molecular weight excluding hydrogens is 422 g/mol. The van der Waals surface area contributed by atoms with Crippen LogP contribution in [0.15, 0.2) is 77.6 Å². The Hall–Kier alpha value is -3.23. The first-order valence-corrected chi connectivity index (χ1v) is 10.6. The molecule has 0 saturated heterocycles. The van der Waals surface area contributed by atoms with E-state index >= 15 is 0 Å². The largest absolute Gasteiger partial charge is 0.337 e. The molecule has 0 radical (unpaired) electrons. The highest BCUT2D eigenvalue weighted by atomic mass is 35.5. The minimum atomic E-state index is -0.381. The highest BCUT2D eigenvalue weighted by Gasteiger charge is 2.12. The fourth-order valence-electron chi connectivity index (χ4n) is 3.12. The van der Waals surface area contributed by atoms with Gasteiger partial charge in [0.25, 0.3) is 5.69 Å². The Morgan fingerprint density at radius 2 is 2.03 bits per heavy atom. The molecule has 0 spiro atoms. The predicted octanol–water partition coefficient (Wildman–Crippen LogP) is 5.30. The Balaban J connectivity index is 1.74. The summed E-state index contributed by atoms with van der Waals surface area (Å²) in [5.41, 5.74) is 2.42. The topological polar surface area (TPSA) is 78.2 Å². The van der Waals surface area contributed by atoms with Crippen molar-refractivity contribution in [1.82, 2.24) is 14.1 Å². The Labute approximate surface area is 181 Å². The molecule has 7 nitrogen and oxygen atoms in total. The van der Waals surface area contributed by atoms with E-state index in [1.807, 2.05) is 40.4 Å². The molecule has 9 heteroatoms. The number of thiazole rings is 1. The van der Waals surface area contributed by atoms with E-state index in [0.717, 1.165) is 29.0 Å². The van der Waals surface area contributed by atoms with E-state index in [0.29, 0.717) is 17.3 Å². The smallest absolute Gasteiger partial charge is 0.270 e. The Morgan fingerprint density at radius 3 is 2.80 bits per heavy atom. The molecule has 0 fully saturated rings. The molecule has 0 saturated carbocycles. The number of hydrogen-bond acceptors (Lipinski definition) is 5. The Bertz CT molecular complexity index is 1230. The molecule has 0 aliphatic rings. The van der Waals surface area contributed by atoms with Crippen molar-refractivity contribution in [3.05, 3.63) is 92.6 Å². The van der Waals surface area contributed by atoms with Crippen molar-refractivity contribution in [2.45, 2.75) is 19.5 Å². The molecular formula is C21H18ClN5O2S. The number of non-ortho nitro benzene ring substituents is 1. The van der Waals surface area contributed by atoms with E-state index in [1.54, 1.807) is 30.7 Å². The van der Waals surface area contributed by atoms with Crippen molar-refractivity contribution in [2.75, 3.05) is 0 Å². The standard InChI is InChI=1S/C21H18ClN5O2S/c22-18-7-1-2-8-19(18)24-21-26(11-4-10-25-12-9-23-15-25)20(14-30-21)16-5-3-6-17(13-16)27(28)29/h1-3,5-9,12-15H,4,10-11H2. The second-order valence-corrected chi connectivity index (χ2v) is 7.82. The van der Waals surface area contributed by atoms with Crippen LogP contribution >= 0.6 is 22.9 Å². The summed E-state index contributed by atoms with van der Waals surface area (Å²) in [7, 11) is 0. The molecule has 30 heavy (non-hydrogen) atoms. The summed E-state index contributed by atoms with van der Waals surface area (Å²) in [5, 5.41) is 13.8. The predicted molar refractivity (Wildman–Crippen MR) is 118 cm³/mol. The Morgan fingerprint density at radius 1 is 1.17 bits per heavy atom. The molecule has 0 unspecified atom stereocenters. The second kappa shape index (κ2) is 9.06. The van der Waals surface area contributed by atoms with Gasteiger partial charge in [-0.05, 0) is 18.6 Å². The number of nitro benzene ring substituents is 1. The lowest BCUT2D eigenvalue weighted by Crippen LogP contribution is -2.17. The van der Waals surface area contributed by atoms with Gasteiger partial charge in [-0.2, -0.15) is 0 Å². The number of imidazole rings is 1. The maximum absolute atomic E-state index is 11.2. The number of hydrogen-bond donors (Lipinski definition) is 0. The molecule has 0 aliphatic heterocycles. The molecule has 0 aliphatic carbocycles. The van der Waals surface area contributed by atoms with Crippen molar-refractivity contribution < 1.29 is 4.92 Å². The fourth-order valence-corrected chi connectivity index (χ4v) is 4.25. The van der Waals surface area contributed by atoms with E-state index < -0.39 is 0 Å². The summed E-state index contributed by atoms with van der Waals surface area (Å²) in [6, 6.07) is 14.1. The van der Waals surface area contributed by atoms with Gasteiger partial charge in [-0.1, -0.05) is 35.9 Å². The first-order valence-electron chi connectivity index (χ1n) is 9.30. The minimum Gasteiger partial charge on any atom is -0.337 e. The van der Waals surface area contributed by atoms with Crippen LogP contribution in [0.3, 0.4) is 0 Å². The van der Waals surface area contributed by atoms with E-state index in [2.05, 4.69) is 9.55 Å². The third-order valence-electron chi connectivity index (χ3n) is 4.58. The number of benzene rings is 2. The van der Waals surface area contributed by atoms with Gasteiger partial charge in [0, 0.05) is 48.6 Å². The zero-order valence-electron chi connectivity index (χ0n) is 15.9. The summed E-state index contributed by atoms with van der Waals surface area (Å²) in [4.78, 5) is 20.5. The van der Waals surface area contributed by atoms with Crippen molar-refractivity contribution >= 4 is 34.3 Å². The fraction of sp³-hybridized carbons (Fsp3) is 0.143. The lowest BCUT2D eigenvalue weighted by Gasteiger charge is -2.10. The highest BCUT2D eigenvalue weighted by Crippen LogP contribution is 2.27. The van der Waals surface area contributed by atoms with Crippen LogP contribution in [0.25, 0.3) is 11.3 Å². The SMILES string of the molecule is O=[N+]([O-])c1cccc(-c2csc(=Nc3ccccc3Cl)n2CCCn2ccnc2)c1. The summed E-state index contributed by atoms with van der Waals surface area (Å²) >= 11 is 7.78. The van der Waals surface area contributed by atoms with Gasteiger partial charge in [0.1, 0.15) is 0 Å². The van der Waals surface area contributed by atoms with Gasteiger partial charge < -0.3 is 9.13 Å². The number of rotatable bonds is 7. The van der Waals surface area contributed by atoms with Crippen molar-refractivity contribution in [2.24, 2.45) is 4.99 Å². The maximum atomic E-state index is 11.2. The van der Waals surface area contributed by atoms with Crippen LogP contribution in [-0.2, 0) is 13.1 Å². The van der Waals surface area contributed by atoms with Gasteiger partial charge in [0.2, 0.25) is 0 Å². The van der Waals surface area contributed by atoms with Crippen LogP contribution in [-0.4, -0.2) is 19.0 Å². The summed E-state index contributed by atoms with van der Waals surface area (Å²) in [6.07, 6.45) is 6.32. The molecule has 2 aromatic heterocycles. The molecule has 0 bridgehead atoms. The monoisotopic (exact) mass is 439 g/mol. The van der Waals surface area contributed by atoms with Gasteiger partial charge >= 0.3 is 0 Å². The van der Waals surface area contributed by atoms with Crippen LogP contribution in [0.4, 0.5) is 11.4 Å². The van der Waals surface area contributed by atoms with Gasteiger partial charge in [-0.3, -0.25) is 10.1 Å². The molecule has 0 amide bonds. The normalized spacial score (nSPS) is 11.7. The number of aromatic nitrogens is 3. The minimum absolute atomic E-state index is 0.0632. The van der Waals surface area contributed by atoms with Gasteiger partial charge in [0.05, 0.1) is 27.7 Å². The zero-order chi connectivity index (χ0) is 20.9. The van der Waals surface area contributed by atoms with Crippen LogP contribution < -0.4 is 4.80 Å². The highest BCUT2D eigenvalue weighted by molar-refractivity contribution is 7.07. The number of nitro groups is 1. The van der Waals surface area contributed by atoms with Crippen LogP contribution in [0.1, 0.15) is 6.42 Å². The number of nitrogens with zero attached hydrogens (tertiary/aromatic N) is 5. The van der Waals surface area contributed by atoms with E-state index in [1.165, 1.54) is 17.4 Å². The summed E-state index contributed by atoms with van der Waals surface area (Å²) in [5.74, 6) is 0. The van der Waals surface area contributed by atoms with E-state index in [9.17, 15) is 10.1 Å². The third kappa shape index (κ3) is 4.50. The molecule has 152 valence electrons. The van der Waals surface area contributed by atoms with Crippen LogP contribution in [0, 0.1) is 10.1 Å². The molecule has 0 N–H and O–H groups in total. The molecule has 4 aromatic rings. The summed E-state index contributed by atoms with van der Waals surface area (Å²) in [6.45, 7) is 1.51. The van der Waals surface area contributed by atoms with Crippen LogP contribution in [0.5, 0.6) is 0 Å². The number of para-hydroxylation sites is 1. The molecule has 0 atom stereocenters. The quantitative estimate of drug-likeness (QED) is 0.289. The first kappa shape index (κ1) is 20.1. The first-order chi connectivity index (χ1) is 14.6. The van der Waals surface area contributed by atoms with Crippen molar-refractivity contribution in [3.63, 3.8) is 0 Å². The average molecular weight is 440 g/mol. The van der Waals surface area contributed by atoms with Crippen molar-refractivity contribution in [1.29, 1.82) is 0 Å². The van der Waals surface area contributed by atoms with Gasteiger partial charge in [-0.25, -0.2) is 9.98 Å². The second-order valence-electron chi connectivity index (χ2n) is 6.58. The average Bonchev–Trinajstić information content (AvgIpc) is 3.40. The van der Waals surface area contributed by atoms with Gasteiger partial charge in [0.15, 0.2) is 4.80 Å². The Kier molecular flexibility index (Phi) is 6.06. The van der Waals surface area contributed by atoms with Crippen LogP contribution in [0.2, 0.25) is 5.02 Å². The third-order valence-corrected chi connectivity index (χ3v) is 5.76. The van der Waals surface area contributed by atoms with E-state index in [-0.39, 0.29) is 10.6 Å². The molecule has 4 rings (SSSR count).